The Balaban J connectivity index is 1.74. The van der Waals surface area contributed by atoms with E-state index in [9.17, 15) is 9.18 Å². The van der Waals surface area contributed by atoms with Crippen molar-refractivity contribution >= 4 is 28.5 Å². The third-order valence-corrected chi connectivity index (χ3v) is 5.58. The maximum Gasteiger partial charge on any atom is 0.290 e. The maximum absolute atomic E-state index is 14.4. The first-order chi connectivity index (χ1) is 14.5. The molecule has 0 bridgehead atoms. The number of amides is 1. The van der Waals surface area contributed by atoms with Gasteiger partial charge in [0.2, 0.25) is 0 Å². The lowest BCUT2D eigenvalue weighted by molar-refractivity contribution is 0.0685. The van der Waals surface area contributed by atoms with Gasteiger partial charge in [0.05, 0.1) is 19.4 Å². The van der Waals surface area contributed by atoms with Gasteiger partial charge >= 0.3 is 0 Å². The summed E-state index contributed by atoms with van der Waals surface area (Å²) in [6.45, 7) is 4.08. The van der Waals surface area contributed by atoms with E-state index < -0.39 is 5.82 Å². The van der Waals surface area contributed by atoms with Crippen LogP contribution in [0, 0.1) is 12.7 Å². The summed E-state index contributed by atoms with van der Waals surface area (Å²) in [6.07, 6.45) is 2.42. The molecule has 4 nitrogen and oxygen atoms in total. The number of hydrogen-bond acceptors (Lipinski definition) is 3. The van der Waals surface area contributed by atoms with Crippen LogP contribution in [0.5, 0.6) is 0 Å². The quantitative estimate of drug-likeness (QED) is 0.352. The largest absolute Gasteiger partial charge is 0.467 e. The zero-order valence-electron chi connectivity index (χ0n) is 16.7. The van der Waals surface area contributed by atoms with Crippen LogP contribution in [0.25, 0.3) is 11.0 Å². The number of rotatable bonds is 6. The number of nitrogens with zero attached hydrogens (tertiary/aromatic N) is 1. The van der Waals surface area contributed by atoms with Crippen LogP contribution in [-0.2, 0) is 19.5 Å². The van der Waals surface area contributed by atoms with Gasteiger partial charge in [0.25, 0.3) is 5.91 Å². The first-order valence-electron chi connectivity index (χ1n) is 9.74. The highest BCUT2D eigenvalue weighted by Crippen LogP contribution is 2.29. The van der Waals surface area contributed by atoms with Gasteiger partial charge in [-0.15, -0.1) is 0 Å². The fourth-order valence-electron chi connectivity index (χ4n) is 3.50. The van der Waals surface area contributed by atoms with Gasteiger partial charge in [-0.05, 0) is 55.3 Å². The van der Waals surface area contributed by atoms with Crippen molar-refractivity contribution in [2.45, 2.75) is 33.4 Å². The molecule has 0 N–H and O–H groups in total. The third-order valence-electron chi connectivity index (χ3n) is 5.23. The molecule has 0 atom stereocenters. The number of furan rings is 2. The molecule has 1 amide bonds. The molecule has 4 rings (SSSR count). The molecule has 30 heavy (non-hydrogen) atoms. The summed E-state index contributed by atoms with van der Waals surface area (Å²) in [5.41, 5.74) is 2.82. The highest BCUT2D eigenvalue weighted by Gasteiger charge is 2.26. The Morgan fingerprint density at radius 2 is 1.97 bits per heavy atom. The van der Waals surface area contributed by atoms with Crippen molar-refractivity contribution in [3.8, 4) is 0 Å². The van der Waals surface area contributed by atoms with Crippen LogP contribution in [0.4, 0.5) is 4.39 Å². The summed E-state index contributed by atoms with van der Waals surface area (Å²) in [4.78, 5) is 14.9. The van der Waals surface area contributed by atoms with Gasteiger partial charge in [-0.3, -0.25) is 4.79 Å². The molecular weight excluding hydrogens is 405 g/mol. The average Bonchev–Trinajstić information content (AvgIpc) is 3.37. The highest BCUT2D eigenvalue weighted by molar-refractivity contribution is 6.31. The molecule has 2 aromatic heterocycles. The summed E-state index contributed by atoms with van der Waals surface area (Å²) < 4.78 is 25.7. The minimum atomic E-state index is -0.464. The second kappa shape index (κ2) is 8.36. The highest BCUT2D eigenvalue weighted by atomic mass is 35.5. The van der Waals surface area contributed by atoms with E-state index in [2.05, 4.69) is 6.92 Å². The predicted octanol–water partition coefficient (Wildman–Crippen LogP) is 6.53. The first-order valence-corrected chi connectivity index (χ1v) is 10.1. The molecule has 0 spiro atoms. The van der Waals surface area contributed by atoms with Crippen LogP contribution in [-0.4, -0.2) is 10.8 Å². The molecule has 0 unspecified atom stereocenters. The van der Waals surface area contributed by atoms with E-state index in [1.54, 1.807) is 18.2 Å². The second-order valence-electron chi connectivity index (χ2n) is 7.18. The molecule has 2 heterocycles. The number of carbonyl (C=O) groups is 1. The maximum atomic E-state index is 14.4. The van der Waals surface area contributed by atoms with Crippen molar-refractivity contribution in [2.75, 3.05) is 0 Å². The van der Waals surface area contributed by atoms with E-state index in [0.717, 1.165) is 22.9 Å². The summed E-state index contributed by atoms with van der Waals surface area (Å²) in [6, 6.07) is 13.9. The number of hydrogen-bond donors (Lipinski definition) is 0. The summed E-state index contributed by atoms with van der Waals surface area (Å²) >= 11 is 6.21. The van der Waals surface area contributed by atoms with E-state index in [1.165, 1.54) is 23.3 Å². The Morgan fingerprint density at radius 3 is 2.67 bits per heavy atom. The van der Waals surface area contributed by atoms with Crippen LogP contribution >= 0.6 is 11.6 Å². The Labute approximate surface area is 178 Å². The summed E-state index contributed by atoms with van der Waals surface area (Å²) in [5.74, 6) is 0.00115. The Hall–Kier alpha value is -3.05. The van der Waals surface area contributed by atoms with Gasteiger partial charge in [-0.25, -0.2) is 4.39 Å². The molecule has 0 aliphatic rings. The minimum Gasteiger partial charge on any atom is -0.467 e. The molecule has 0 fully saturated rings. The topological polar surface area (TPSA) is 46.6 Å². The number of benzene rings is 2. The standard InChI is InChI=1S/C24H21ClFNO3/c1-3-16-9-10-22-18(12-16)15(2)23(30-22)24(28)27(13-17-6-5-11-29-17)14-19-20(25)7-4-8-21(19)26/h4-12H,3,13-14H2,1-2H3. The van der Waals surface area contributed by atoms with Gasteiger partial charge in [-0.2, -0.15) is 0 Å². The monoisotopic (exact) mass is 425 g/mol. The summed E-state index contributed by atoms with van der Waals surface area (Å²) in [5, 5.41) is 1.17. The Morgan fingerprint density at radius 1 is 1.13 bits per heavy atom. The van der Waals surface area contributed by atoms with Crippen LogP contribution in [0.1, 0.15) is 39.9 Å². The SMILES string of the molecule is CCc1ccc2oc(C(=O)N(Cc3ccco3)Cc3c(F)cccc3Cl)c(C)c2c1. The van der Waals surface area contributed by atoms with Crippen molar-refractivity contribution in [2.24, 2.45) is 0 Å². The second-order valence-corrected chi connectivity index (χ2v) is 7.59. The Kier molecular flexibility index (Phi) is 5.64. The van der Waals surface area contributed by atoms with Crippen LogP contribution in [0.3, 0.4) is 0 Å². The predicted molar refractivity (Wildman–Crippen MR) is 114 cm³/mol. The average molecular weight is 426 g/mol. The van der Waals surface area contributed by atoms with Crippen molar-refractivity contribution in [1.29, 1.82) is 0 Å². The fourth-order valence-corrected chi connectivity index (χ4v) is 3.72. The van der Waals surface area contributed by atoms with Gasteiger partial charge in [0.15, 0.2) is 5.76 Å². The number of halogens is 2. The fraction of sp³-hybridized carbons (Fsp3) is 0.208. The van der Waals surface area contributed by atoms with E-state index in [1.807, 2.05) is 25.1 Å². The van der Waals surface area contributed by atoms with Gasteiger partial charge in [-0.1, -0.05) is 30.7 Å². The van der Waals surface area contributed by atoms with Gasteiger partial charge in [0.1, 0.15) is 17.2 Å². The molecular formula is C24H21ClFNO3. The molecule has 0 saturated carbocycles. The number of aryl methyl sites for hydroxylation is 2. The van der Waals surface area contributed by atoms with Crippen molar-refractivity contribution < 1.29 is 18.0 Å². The van der Waals surface area contributed by atoms with Crippen LogP contribution < -0.4 is 0 Å². The molecule has 0 radical (unpaired) electrons. The lowest BCUT2D eigenvalue weighted by Gasteiger charge is -2.22. The lowest BCUT2D eigenvalue weighted by Crippen LogP contribution is -2.30. The zero-order chi connectivity index (χ0) is 21.3. The first kappa shape index (κ1) is 20.2. The minimum absolute atomic E-state index is 0.0122. The molecule has 0 saturated heterocycles. The molecule has 154 valence electrons. The van der Waals surface area contributed by atoms with Crippen molar-refractivity contribution in [1.82, 2.24) is 4.90 Å². The van der Waals surface area contributed by atoms with Crippen LogP contribution in [0.15, 0.2) is 63.6 Å². The lowest BCUT2D eigenvalue weighted by atomic mass is 10.1. The molecule has 0 aliphatic heterocycles. The molecule has 4 aromatic rings. The van der Waals surface area contributed by atoms with Gasteiger partial charge < -0.3 is 13.7 Å². The normalized spacial score (nSPS) is 11.2. The third kappa shape index (κ3) is 3.85. The summed E-state index contributed by atoms with van der Waals surface area (Å²) in [7, 11) is 0. The smallest absolute Gasteiger partial charge is 0.290 e. The number of carbonyl (C=O) groups excluding carboxylic acids is 1. The van der Waals surface area contributed by atoms with E-state index in [4.69, 9.17) is 20.4 Å². The van der Waals surface area contributed by atoms with Crippen molar-refractivity contribution in [3.63, 3.8) is 0 Å². The molecule has 6 heteroatoms. The van der Waals surface area contributed by atoms with Crippen molar-refractivity contribution in [3.05, 3.63) is 93.8 Å². The van der Waals surface area contributed by atoms with E-state index >= 15 is 0 Å². The number of fused-ring (bicyclic) bond motifs is 1. The van der Waals surface area contributed by atoms with Crippen LogP contribution in [0.2, 0.25) is 5.02 Å². The Bertz CT molecular complexity index is 1180. The molecule has 0 aliphatic carbocycles. The zero-order valence-corrected chi connectivity index (χ0v) is 17.5. The van der Waals surface area contributed by atoms with E-state index in [0.29, 0.717) is 11.3 Å². The van der Waals surface area contributed by atoms with E-state index in [-0.39, 0.29) is 35.3 Å². The molecule has 2 aromatic carbocycles. The van der Waals surface area contributed by atoms with Gasteiger partial charge in [0, 0.05) is 21.5 Å².